The number of nitro groups is 1. The Morgan fingerprint density at radius 1 is 1.50 bits per heavy atom. The summed E-state index contributed by atoms with van der Waals surface area (Å²) in [5.41, 5.74) is 0.619. The van der Waals surface area contributed by atoms with Crippen LogP contribution in [0.15, 0.2) is 16.6 Å². The summed E-state index contributed by atoms with van der Waals surface area (Å²) < 4.78 is 0.371. The standard InChI is InChI=1S/C13H18BrN3O3/c1-2-12(16-5-3-15-4-6-16)10-7-9(17(19)20)8-11(14)13(10)18/h7-8,12,15,18H,2-6H2,1H3/t12-/m0/s1. The van der Waals surface area contributed by atoms with E-state index in [1.165, 1.54) is 12.1 Å². The molecule has 0 aromatic heterocycles. The summed E-state index contributed by atoms with van der Waals surface area (Å²) in [6.07, 6.45) is 0.793. The molecule has 0 saturated carbocycles. The predicted octanol–water partition coefficient (Wildman–Crippen LogP) is 2.42. The van der Waals surface area contributed by atoms with E-state index >= 15 is 0 Å². The quantitative estimate of drug-likeness (QED) is 0.648. The zero-order valence-corrected chi connectivity index (χ0v) is 12.9. The molecule has 1 aromatic carbocycles. The first-order valence-electron chi connectivity index (χ1n) is 6.66. The first kappa shape index (κ1) is 15.2. The summed E-state index contributed by atoms with van der Waals surface area (Å²) in [7, 11) is 0. The van der Waals surface area contributed by atoms with E-state index in [0.717, 1.165) is 32.6 Å². The highest BCUT2D eigenvalue weighted by atomic mass is 79.9. The lowest BCUT2D eigenvalue weighted by atomic mass is 10.00. The van der Waals surface area contributed by atoms with Crippen LogP contribution in [0, 0.1) is 10.1 Å². The molecule has 1 fully saturated rings. The van der Waals surface area contributed by atoms with E-state index in [2.05, 4.69) is 26.1 Å². The van der Waals surface area contributed by atoms with E-state index in [1.807, 2.05) is 6.92 Å². The van der Waals surface area contributed by atoms with Crippen molar-refractivity contribution >= 4 is 21.6 Å². The number of nitrogens with one attached hydrogen (secondary N) is 1. The zero-order valence-electron chi connectivity index (χ0n) is 11.3. The van der Waals surface area contributed by atoms with E-state index in [1.54, 1.807) is 0 Å². The summed E-state index contributed by atoms with van der Waals surface area (Å²) in [5, 5.41) is 24.5. The van der Waals surface area contributed by atoms with Crippen LogP contribution in [0.1, 0.15) is 24.9 Å². The Labute approximate surface area is 126 Å². The molecule has 0 bridgehead atoms. The summed E-state index contributed by atoms with van der Waals surface area (Å²) in [4.78, 5) is 12.8. The number of hydrogen-bond acceptors (Lipinski definition) is 5. The minimum atomic E-state index is -0.432. The predicted molar refractivity (Wildman–Crippen MR) is 79.9 cm³/mol. The van der Waals surface area contributed by atoms with Crippen molar-refractivity contribution in [3.05, 3.63) is 32.3 Å². The Morgan fingerprint density at radius 3 is 2.70 bits per heavy atom. The number of aromatic hydroxyl groups is 1. The van der Waals surface area contributed by atoms with E-state index in [4.69, 9.17) is 0 Å². The molecule has 1 saturated heterocycles. The number of rotatable bonds is 4. The maximum Gasteiger partial charge on any atom is 0.271 e. The molecule has 0 radical (unpaired) electrons. The summed E-state index contributed by atoms with van der Waals surface area (Å²) >= 11 is 3.20. The topological polar surface area (TPSA) is 78.6 Å². The van der Waals surface area contributed by atoms with Gasteiger partial charge in [0, 0.05) is 49.9 Å². The van der Waals surface area contributed by atoms with E-state index in [-0.39, 0.29) is 17.5 Å². The molecule has 110 valence electrons. The SMILES string of the molecule is CC[C@@H](c1cc([N+](=O)[O-])cc(Br)c1O)N1CCNCC1. The highest BCUT2D eigenvalue weighted by molar-refractivity contribution is 9.10. The van der Waals surface area contributed by atoms with Crippen LogP contribution in [0.25, 0.3) is 0 Å². The fraction of sp³-hybridized carbons (Fsp3) is 0.538. The van der Waals surface area contributed by atoms with Gasteiger partial charge in [-0.15, -0.1) is 0 Å². The lowest BCUT2D eigenvalue weighted by Gasteiger charge is -2.35. The van der Waals surface area contributed by atoms with Gasteiger partial charge in [-0.25, -0.2) is 0 Å². The average molecular weight is 344 g/mol. The van der Waals surface area contributed by atoms with Crippen molar-refractivity contribution in [2.45, 2.75) is 19.4 Å². The Bertz CT molecular complexity index is 504. The van der Waals surface area contributed by atoms with Crippen LogP contribution >= 0.6 is 15.9 Å². The molecule has 2 rings (SSSR count). The summed E-state index contributed by atoms with van der Waals surface area (Å²) in [6, 6.07) is 2.81. The second-order valence-electron chi connectivity index (χ2n) is 4.83. The van der Waals surface area contributed by atoms with Crippen molar-refractivity contribution in [2.24, 2.45) is 0 Å². The van der Waals surface area contributed by atoms with Gasteiger partial charge in [0.2, 0.25) is 0 Å². The molecule has 1 aromatic rings. The Kier molecular flexibility index (Phi) is 4.95. The minimum Gasteiger partial charge on any atom is -0.506 e. The number of halogens is 1. The van der Waals surface area contributed by atoms with E-state index in [9.17, 15) is 15.2 Å². The molecule has 1 aliphatic rings. The molecular weight excluding hydrogens is 326 g/mol. The van der Waals surface area contributed by atoms with Gasteiger partial charge in [-0.2, -0.15) is 0 Å². The maximum absolute atomic E-state index is 11.0. The molecule has 0 unspecified atom stereocenters. The van der Waals surface area contributed by atoms with Crippen molar-refractivity contribution in [2.75, 3.05) is 26.2 Å². The number of phenolic OH excluding ortho intramolecular Hbond substituents is 1. The van der Waals surface area contributed by atoms with Gasteiger partial charge in [0.1, 0.15) is 5.75 Å². The molecule has 7 heteroatoms. The first-order chi connectivity index (χ1) is 9.54. The Hall–Kier alpha value is -1.18. The molecule has 1 atom stereocenters. The van der Waals surface area contributed by atoms with Crippen molar-refractivity contribution in [1.29, 1.82) is 0 Å². The van der Waals surface area contributed by atoms with Crippen molar-refractivity contribution in [1.82, 2.24) is 10.2 Å². The number of piperazine rings is 1. The van der Waals surface area contributed by atoms with Crippen LogP contribution in [0.2, 0.25) is 0 Å². The molecule has 20 heavy (non-hydrogen) atoms. The highest BCUT2D eigenvalue weighted by Crippen LogP contribution is 2.39. The fourth-order valence-electron chi connectivity index (χ4n) is 2.63. The Morgan fingerprint density at radius 2 is 2.15 bits per heavy atom. The second kappa shape index (κ2) is 6.51. The lowest BCUT2D eigenvalue weighted by molar-refractivity contribution is -0.385. The van der Waals surface area contributed by atoms with Crippen molar-refractivity contribution in [3.63, 3.8) is 0 Å². The van der Waals surface area contributed by atoms with Gasteiger partial charge in [-0.1, -0.05) is 6.92 Å². The van der Waals surface area contributed by atoms with E-state index in [0.29, 0.717) is 10.0 Å². The van der Waals surface area contributed by atoms with Crippen LogP contribution in [-0.4, -0.2) is 41.1 Å². The van der Waals surface area contributed by atoms with E-state index < -0.39 is 4.92 Å². The third kappa shape index (κ3) is 3.11. The van der Waals surface area contributed by atoms with Crippen LogP contribution in [0.3, 0.4) is 0 Å². The number of hydrogen-bond donors (Lipinski definition) is 2. The summed E-state index contributed by atoms with van der Waals surface area (Å²) in [6.45, 7) is 5.57. The van der Waals surface area contributed by atoms with Gasteiger partial charge in [-0.3, -0.25) is 15.0 Å². The Balaban J connectivity index is 2.39. The smallest absolute Gasteiger partial charge is 0.271 e. The third-order valence-electron chi connectivity index (χ3n) is 3.63. The maximum atomic E-state index is 11.0. The normalized spacial score (nSPS) is 17.9. The van der Waals surface area contributed by atoms with Gasteiger partial charge in [0.05, 0.1) is 9.40 Å². The molecule has 0 aliphatic carbocycles. The molecule has 1 aliphatic heterocycles. The average Bonchev–Trinajstić information content (AvgIpc) is 2.45. The van der Waals surface area contributed by atoms with Gasteiger partial charge in [0.15, 0.2) is 0 Å². The van der Waals surface area contributed by atoms with Crippen LogP contribution < -0.4 is 5.32 Å². The second-order valence-corrected chi connectivity index (χ2v) is 5.69. The first-order valence-corrected chi connectivity index (χ1v) is 7.45. The highest BCUT2D eigenvalue weighted by Gasteiger charge is 2.26. The molecular formula is C13H18BrN3O3. The number of phenols is 1. The van der Waals surface area contributed by atoms with Gasteiger partial charge >= 0.3 is 0 Å². The lowest BCUT2D eigenvalue weighted by Crippen LogP contribution is -2.45. The molecule has 6 nitrogen and oxygen atoms in total. The number of non-ortho nitro benzene ring substituents is 1. The van der Waals surface area contributed by atoms with Gasteiger partial charge in [0.25, 0.3) is 5.69 Å². The third-order valence-corrected chi connectivity index (χ3v) is 4.23. The summed E-state index contributed by atoms with van der Waals surface area (Å²) in [5.74, 6) is 0.0981. The van der Waals surface area contributed by atoms with Crippen LogP contribution in [0.5, 0.6) is 5.75 Å². The van der Waals surface area contributed by atoms with Crippen molar-refractivity contribution in [3.8, 4) is 5.75 Å². The number of nitro benzene ring substituents is 1. The van der Waals surface area contributed by atoms with Gasteiger partial charge < -0.3 is 10.4 Å². The van der Waals surface area contributed by atoms with Crippen LogP contribution in [0.4, 0.5) is 5.69 Å². The number of nitrogens with zero attached hydrogens (tertiary/aromatic N) is 2. The molecule has 2 N–H and O–H groups in total. The minimum absolute atomic E-state index is 0.00161. The van der Waals surface area contributed by atoms with Gasteiger partial charge in [-0.05, 0) is 22.4 Å². The number of benzene rings is 1. The fourth-order valence-corrected chi connectivity index (χ4v) is 3.10. The zero-order chi connectivity index (χ0) is 14.7. The molecule has 0 amide bonds. The largest absolute Gasteiger partial charge is 0.506 e. The van der Waals surface area contributed by atoms with Crippen molar-refractivity contribution < 1.29 is 10.0 Å². The monoisotopic (exact) mass is 343 g/mol. The van der Waals surface area contributed by atoms with Crippen LogP contribution in [-0.2, 0) is 0 Å². The molecule has 1 heterocycles. The molecule has 0 spiro atoms.